The molecule has 0 amide bonds. The van der Waals surface area contributed by atoms with Crippen LogP contribution in [0.2, 0.25) is 0 Å². The molecule has 0 spiro atoms. The van der Waals surface area contributed by atoms with Gasteiger partial charge in [-0.1, -0.05) is 6.92 Å². The molecule has 90 valence electrons. The minimum Gasteiger partial charge on any atom is -0.313 e. The monoisotopic (exact) mass is 222 g/mol. The summed E-state index contributed by atoms with van der Waals surface area (Å²) in [5, 5.41) is 7.71. The van der Waals surface area contributed by atoms with Crippen LogP contribution in [-0.4, -0.2) is 46.9 Å². The first-order valence-corrected chi connectivity index (χ1v) is 6.22. The quantitative estimate of drug-likeness (QED) is 0.794. The van der Waals surface area contributed by atoms with Crippen molar-refractivity contribution in [2.24, 2.45) is 7.05 Å². The van der Waals surface area contributed by atoms with E-state index < -0.39 is 0 Å². The molecule has 0 radical (unpaired) electrons. The fraction of sp³-hybridized carbons (Fsp3) is 0.750. The molecular weight excluding hydrogens is 200 g/mol. The zero-order valence-electron chi connectivity index (χ0n) is 10.3. The van der Waals surface area contributed by atoms with E-state index in [0.717, 1.165) is 19.5 Å². The lowest BCUT2D eigenvalue weighted by Crippen LogP contribution is -2.33. The van der Waals surface area contributed by atoms with Gasteiger partial charge in [0.25, 0.3) is 0 Å². The summed E-state index contributed by atoms with van der Waals surface area (Å²) >= 11 is 0. The van der Waals surface area contributed by atoms with Crippen molar-refractivity contribution in [2.45, 2.75) is 25.8 Å². The Kier molecular flexibility index (Phi) is 3.96. The summed E-state index contributed by atoms with van der Waals surface area (Å²) in [5.74, 6) is 0. The fourth-order valence-corrected chi connectivity index (χ4v) is 2.41. The molecular formula is C12H22N4. The molecule has 4 heteroatoms. The molecule has 0 aliphatic carbocycles. The first-order valence-electron chi connectivity index (χ1n) is 6.22. The van der Waals surface area contributed by atoms with Crippen molar-refractivity contribution in [3.05, 3.63) is 18.0 Å². The Labute approximate surface area is 97.6 Å². The van der Waals surface area contributed by atoms with Crippen LogP contribution in [0.4, 0.5) is 0 Å². The molecule has 0 saturated carbocycles. The Hall–Kier alpha value is -0.870. The molecule has 1 unspecified atom stereocenters. The molecule has 4 nitrogen and oxygen atoms in total. The number of hydrogen-bond acceptors (Lipinski definition) is 3. The molecule has 2 heterocycles. The molecule has 1 aromatic heterocycles. The third-order valence-electron chi connectivity index (χ3n) is 3.37. The molecule has 1 aliphatic heterocycles. The average Bonchev–Trinajstić information content (AvgIpc) is 2.86. The molecule has 0 aromatic carbocycles. The van der Waals surface area contributed by atoms with Gasteiger partial charge in [0.2, 0.25) is 0 Å². The van der Waals surface area contributed by atoms with E-state index in [-0.39, 0.29) is 0 Å². The molecule has 16 heavy (non-hydrogen) atoms. The Bertz CT molecular complexity index is 321. The number of aryl methyl sites for hydroxylation is 1. The predicted octanol–water partition coefficient (Wildman–Crippen LogP) is 0.646. The van der Waals surface area contributed by atoms with Gasteiger partial charge in [0.1, 0.15) is 0 Å². The first-order chi connectivity index (χ1) is 7.79. The third kappa shape index (κ3) is 2.83. The topological polar surface area (TPSA) is 33.1 Å². The maximum atomic E-state index is 4.19. The summed E-state index contributed by atoms with van der Waals surface area (Å²) in [5.41, 5.74) is 1.33. The van der Waals surface area contributed by atoms with E-state index in [2.05, 4.69) is 28.3 Å². The number of likely N-dealkylation sites (N-methyl/N-ethyl adjacent to an activating group) is 1. The summed E-state index contributed by atoms with van der Waals surface area (Å²) in [6.45, 7) is 6.85. The van der Waals surface area contributed by atoms with E-state index in [9.17, 15) is 0 Å². The minimum atomic E-state index is 0.705. The van der Waals surface area contributed by atoms with E-state index in [4.69, 9.17) is 0 Å². The summed E-state index contributed by atoms with van der Waals surface area (Å²) in [7, 11) is 2.01. The standard InChI is InChI=1S/C12H22N4/c1-3-13-11-5-8-16(10-11)9-6-12-4-7-14-15(12)2/h4,7,11,13H,3,5-6,8-10H2,1-2H3. The highest BCUT2D eigenvalue weighted by Crippen LogP contribution is 2.10. The van der Waals surface area contributed by atoms with E-state index in [0.29, 0.717) is 6.04 Å². The molecule has 1 saturated heterocycles. The van der Waals surface area contributed by atoms with Gasteiger partial charge in [-0.25, -0.2) is 0 Å². The molecule has 2 rings (SSSR count). The largest absolute Gasteiger partial charge is 0.313 e. The second kappa shape index (κ2) is 5.46. The van der Waals surface area contributed by atoms with Crippen molar-refractivity contribution >= 4 is 0 Å². The highest BCUT2D eigenvalue weighted by Gasteiger charge is 2.20. The number of nitrogens with one attached hydrogen (secondary N) is 1. The van der Waals surface area contributed by atoms with Crippen LogP contribution in [0.25, 0.3) is 0 Å². The van der Waals surface area contributed by atoms with E-state index >= 15 is 0 Å². The van der Waals surface area contributed by atoms with Crippen LogP contribution >= 0.6 is 0 Å². The Morgan fingerprint density at radius 3 is 3.12 bits per heavy atom. The number of aromatic nitrogens is 2. The van der Waals surface area contributed by atoms with Gasteiger partial charge in [0, 0.05) is 44.5 Å². The Balaban J connectivity index is 1.74. The lowest BCUT2D eigenvalue weighted by molar-refractivity contribution is 0.329. The molecule has 1 aromatic rings. The van der Waals surface area contributed by atoms with Gasteiger partial charge >= 0.3 is 0 Å². The van der Waals surface area contributed by atoms with Gasteiger partial charge in [-0.15, -0.1) is 0 Å². The normalized spacial score (nSPS) is 21.8. The number of hydrogen-bond donors (Lipinski definition) is 1. The van der Waals surface area contributed by atoms with Crippen molar-refractivity contribution < 1.29 is 0 Å². The maximum absolute atomic E-state index is 4.19. The van der Waals surface area contributed by atoms with Crippen molar-refractivity contribution in [1.29, 1.82) is 0 Å². The van der Waals surface area contributed by atoms with Gasteiger partial charge in [0.05, 0.1) is 0 Å². The highest BCUT2D eigenvalue weighted by molar-refractivity contribution is 5.00. The van der Waals surface area contributed by atoms with E-state index in [1.807, 2.05) is 17.9 Å². The second-order valence-corrected chi connectivity index (χ2v) is 4.54. The van der Waals surface area contributed by atoms with Crippen LogP contribution in [0.5, 0.6) is 0 Å². The van der Waals surface area contributed by atoms with Crippen LogP contribution < -0.4 is 5.32 Å². The van der Waals surface area contributed by atoms with Crippen molar-refractivity contribution in [3.63, 3.8) is 0 Å². The van der Waals surface area contributed by atoms with Crippen LogP contribution in [0.3, 0.4) is 0 Å². The van der Waals surface area contributed by atoms with Gasteiger partial charge in [0.15, 0.2) is 0 Å². The summed E-state index contributed by atoms with van der Waals surface area (Å²) < 4.78 is 1.97. The van der Waals surface area contributed by atoms with Crippen LogP contribution in [0, 0.1) is 0 Å². The van der Waals surface area contributed by atoms with Gasteiger partial charge < -0.3 is 10.2 Å². The SMILES string of the molecule is CCNC1CCN(CCc2ccnn2C)C1. The lowest BCUT2D eigenvalue weighted by Gasteiger charge is -2.16. The second-order valence-electron chi connectivity index (χ2n) is 4.54. The van der Waals surface area contributed by atoms with Gasteiger partial charge in [-0.05, 0) is 25.6 Å². The summed E-state index contributed by atoms with van der Waals surface area (Å²) in [4.78, 5) is 2.54. The molecule has 1 atom stereocenters. The lowest BCUT2D eigenvalue weighted by atomic mass is 10.2. The minimum absolute atomic E-state index is 0.705. The Morgan fingerprint density at radius 1 is 1.56 bits per heavy atom. The fourth-order valence-electron chi connectivity index (χ4n) is 2.41. The maximum Gasteiger partial charge on any atom is 0.0492 e. The van der Waals surface area contributed by atoms with Gasteiger partial charge in [-0.3, -0.25) is 4.68 Å². The molecule has 1 aliphatic rings. The van der Waals surface area contributed by atoms with Crippen molar-refractivity contribution in [3.8, 4) is 0 Å². The summed E-state index contributed by atoms with van der Waals surface area (Å²) in [6.07, 6.45) is 4.27. The molecule has 1 N–H and O–H groups in total. The number of likely N-dealkylation sites (tertiary alicyclic amines) is 1. The van der Waals surface area contributed by atoms with E-state index in [1.165, 1.54) is 25.2 Å². The number of rotatable bonds is 5. The molecule has 1 fully saturated rings. The highest BCUT2D eigenvalue weighted by atomic mass is 15.3. The van der Waals surface area contributed by atoms with Crippen LogP contribution in [0.1, 0.15) is 19.0 Å². The predicted molar refractivity (Wildman–Crippen MR) is 65.4 cm³/mol. The average molecular weight is 222 g/mol. The van der Waals surface area contributed by atoms with Gasteiger partial charge in [-0.2, -0.15) is 5.10 Å². The first kappa shape index (κ1) is 11.6. The van der Waals surface area contributed by atoms with E-state index in [1.54, 1.807) is 0 Å². The van der Waals surface area contributed by atoms with Crippen LogP contribution in [0.15, 0.2) is 12.3 Å². The van der Waals surface area contributed by atoms with Crippen LogP contribution in [-0.2, 0) is 13.5 Å². The molecule has 0 bridgehead atoms. The zero-order valence-corrected chi connectivity index (χ0v) is 10.3. The smallest absolute Gasteiger partial charge is 0.0492 e. The Morgan fingerprint density at radius 2 is 2.44 bits per heavy atom. The van der Waals surface area contributed by atoms with Crippen molar-refractivity contribution in [2.75, 3.05) is 26.2 Å². The zero-order chi connectivity index (χ0) is 11.4. The third-order valence-corrected chi connectivity index (χ3v) is 3.37. The summed E-state index contributed by atoms with van der Waals surface area (Å²) in [6, 6.07) is 2.81. The van der Waals surface area contributed by atoms with Crippen molar-refractivity contribution in [1.82, 2.24) is 20.0 Å². The number of nitrogens with zero attached hydrogens (tertiary/aromatic N) is 3.